The van der Waals surface area contributed by atoms with Crippen LogP contribution >= 0.6 is 11.6 Å². The minimum Gasteiger partial charge on any atom is -0.495 e. The molecule has 3 rings (SSSR count). The second-order valence-corrected chi connectivity index (χ2v) is 14.5. The molecule has 1 aromatic heterocycles. The third-order valence-corrected chi connectivity index (χ3v) is 6.83. The van der Waals surface area contributed by atoms with Crippen LogP contribution < -0.4 is 10.1 Å². The number of hydrogen-bond donors (Lipinski definition) is 1. The molecule has 1 unspecified atom stereocenters. The van der Waals surface area contributed by atoms with Gasteiger partial charge in [0.1, 0.15) is 24.3 Å². The summed E-state index contributed by atoms with van der Waals surface area (Å²) in [6.45, 7) is 8.32. The van der Waals surface area contributed by atoms with Crippen molar-refractivity contribution in [2.45, 2.75) is 38.5 Å². The van der Waals surface area contributed by atoms with Gasteiger partial charge in [0.2, 0.25) is 0 Å². The van der Waals surface area contributed by atoms with Gasteiger partial charge in [0.15, 0.2) is 0 Å². The molecule has 0 aliphatic carbocycles. The molecule has 7 heteroatoms. The fraction of sp³-hybridized carbons (Fsp3) is 0.348. The molecule has 0 saturated heterocycles. The zero-order valence-corrected chi connectivity index (χ0v) is 19.8. The topological polar surface area (TPSA) is 48.3 Å². The van der Waals surface area contributed by atoms with Crippen molar-refractivity contribution < 1.29 is 9.47 Å². The van der Waals surface area contributed by atoms with Crippen LogP contribution in [0.1, 0.15) is 17.4 Å². The Labute approximate surface area is 185 Å². The summed E-state index contributed by atoms with van der Waals surface area (Å²) in [4.78, 5) is 4.64. The van der Waals surface area contributed by atoms with Gasteiger partial charge in [-0.15, -0.1) is 0 Å². The van der Waals surface area contributed by atoms with Gasteiger partial charge < -0.3 is 19.4 Å². The first-order valence-electron chi connectivity index (χ1n) is 10.1. The van der Waals surface area contributed by atoms with Crippen molar-refractivity contribution in [3.63, 3.8) is 0 Å². The molecule has 0 aliphatic rings. The van der Waals surface area contributed by atoms with Gasteiger partial charge in [-0.1, -0.05) is 61.6 Å². The number of nitrogens with one attached hydrogen (secondary N) is 1. The summed E-state index contributed by atoms with van der Waals surface area (Å²) >= 11 is 6.33. The van der Waals surface area contributed by atoms with E-state index in [4.69, 9.17) is 21.1 Å². The number of halogens is 1. The van der Waals surface area contributed by atoms with Gasteiger partial charge in [-0.25, -0.2) is 4.98 Å². The minimum absolute atomic E-state index is 0.147. The maximum atomic E-state index is 6.33. The molecule has 0 saturated carbocycles. The Kier molecular flexibility index (Phi) is 7.58. The number of methoxy groups -OCH3 is 1. The first-order valence-corrected chi connectivity index (χ1v) is 14.2. The van der Waals surface area contributed by atoms with Crippen LogP contribution in [0.25, 0.3) is 0 Å². The van der Waals surface area contributed by atoms with E-state index in [0.29, 0.717) is 17.5 Å². The highest BCUT2D eigenvalue weighted by atomic mass is 35.5. The minimum atomic E-state index is -1.12. The third kappa shape index (κ3) is 6.11. The third-order valence-electron chi connectivity index (χ3n) is 4.83. The largest absolute Gasteiger partial charge is 0.495 e. The van der Waals surface area contributed by atoms with Crippen molar-refractivity contribution in [3.05, 3.63) is 77.3 Å². The molecule has 160 valence electrons. The van der Waals surface area contributed by atoms with Gasteiger partial charge in [0.05, 0.1) is 12.1 Å². The second-order valence-electron chi connectivity index (χ2n) is 8.44. The lowest BCUT2D eigenvalue weighted by atomic mass is 10.1. The smallest absolute Gasteiger partial charge is 0.137 e. The Morgan fingerprint density at radius 2 is 1.90 bits per heavy atom. The molecule has 0 bridgehead atoms. The molecule has 5 nitrogen and oxygen atoms in total. The van der Waals surface area contributed by atoms with Crippen LogP contribution in [-0.4, -0.2) is 31.3 Å². The lowest BCUT2D eigenvalue weighted by Gasteiger charge is -2.22. The Balaban J connectivity index is 1.82. The van der Waals surface area contributed by atoms with Crippen LogP contribution in [0, 0.1) is 0 Å². The number of hydrogen-bond acceptors (Lipinski definition) is 4. The summed E-state index contributed by atoms with van der Waals surface area (Å²) in [6, 6.07) is 16.9. The highest BCUT2D eigenvalue weighted by Gasteiger charge is 2.20. The van der Waals surface area contributed by atoms with E-state index in [-0.39, 0.29) is 6.04 Å². The molecule has 0 radical (unpaired) electrons. The second kappa shape index (κ2) is 10.2. The van der Waals surface area contributed by atoms with E-state index in [1.54, 1.807) is 7.11 Å². The highest BCUT2D eigenvalue weighted by molar-refractivity contribution is 6.76. The predicted molar refractivity (Wildman–Crippen MR) is 126 cm³/mol. The fourth-order valence-electron chi connectivity index (χ4n) is 3.10. The molecular formula is C23H30ClN3O2Si. The van der Waals surface area contributed by atoms with Crippen molar-refractivity contribution in [2.75, 3.05) is 19.0 Å². The average molecular weight is 444 g/mol. The fourth-order valence-corrected chi connectivity index (χ4v) is 4.11. The van der Waals surface area contributed by atoms with E-state index < -0.39 is 8.07 Å². The van der Waals surface area contributed by atoms with E-state index in [9.17, 15) is 0 Å². The summed E-state index contributed by atoms with van der Waals surface area (Å²) in [5, 5.41) is 4.14. The summed E-state index contributed by atoms with van der Waals surface area (Å²) in [7, 11) is 0.495. The molecule has 0 fully saturated rings. The first kappa shape index (κ1) is 22.4. The standard InChI is InChI=1S/C23H30ClN3O2Si/c1-28-21-11-10-19(16-20(21)24)26-22(18-8-6-5-7-9-18)23-25-12-13-27(23)17-29-14-15-30(2,3)4/h5-13,16,22,26H,14-15,17H2,1-4H3. The lowest BCUT2D eigenvalue weighted by Crippen LogP contribution is -2.23. The summed E-state index contributed by atoms with van der Waals surface area (Å²) in [5.74, 6) is 1.54. The molecule has 0 spiro atoms. The van der Waals surface area contributed by atoms with E-state index in [0.717, 1.165) is 29.7 Å². The summed E-state index contributed by atoms with van der Waals surface area (Å²) < 4.78 is 13.3. The van der Waals surface area contributed by atoms with E-state index in [1.165, 1.54) is 0 Å². The number of rotatable bonds is 10. The quantitative estimate of drug-likeness (QED) is 0.305. The SMILES string of the molecule is COc1ccc(NC(c2ccccc2)c2nccn2COCC[Si](C)(C)C)cc1Cl. The zero-order valence-electron chi connectivity index (χ0n) is 18.1. The number of nitrogens with zero attached hydrogens (tertiary/aromatic N) is 2. The molecule has 0 aliphatic heterocycles. The van der Waals surface area contributed by atoms with Gasteiger partial charge in [-0.05, 0) is 29.8 Å². The van der Waals surface area contributed by atoms with Crippen LogP contribution in [0.2, 0.25) is 30.7 Å². The van der Waals surface area contributed by atoms with Crippen LogP contribution in [0.5, 0.6) is 5.75 Å². The maximum absolute atomic E-state index is 6.33. The van der Waals surface area contributed by atoms with Crippen LogP contribution in [0.3, 0.4) is 0 Å². The summed E-state index contributed by atoms with van der Waals surface area (Å²) in [5.41, 5.74) is 2.00. The van der Waals surface area contributed by atoms with Crippen molar-refractivity contribution >= 4 is 25.4 Å². The number of benzene rings is 2. The number of anilines is 1. The number of imidazole rings is 1. The molecule has 0 amide bonds. The summed E-state index contributed by atoms with van der Waals surface area (Å²) in [6.07, 6.45) is 3.78. The Hall–Kier alpha value is -2.28. The van der Waals surface area contributed by atoms with Gasteiger partial charge in [-0.3, -0.25) is 0 Å². The van der Waals surface area contributed by atoms with E-state index in [1.807, 2.05) is 48.8 Å². The average Bonchev–Trinajstić information content (AvgIpc) is 3.18. The number of aromatic nitrogens is 2. The monoisotopic (exact) mass is 443 g/mol. The zero-order chi connectivity index (χ0) is 21.6. The molecule has 30 heavy (non-hydrogen) atoms. The normalized spacial score (nSPS) is 12.6. The van der Waals surface area contributed by atoms with Crippen molar-refractivity contribution in [3.8, 4) is 5.75 Å². The van der Waals surface area contributed by atoms with Crippen LogP contribution in [0.4, 0.5) is 5.69 Å². The number of ether oxygens (including phenoxy) is 2. The Bertz CT molecular complexity index is 941. The Morgan fingerprint density at radius 1 is 1.13 bits per heavy atom. The molecule has 1 atom stereocenters. The molecule has 2 aromatic carbocycles. The van der Waals surface area contributed by atoms with Gasteiger partial charge >= 0.3 is 0 Å². The van der Waals surface area contributed by atoms with Crippen molar-refractivity contribution in [1.82, 2.24) is 9.55 Å². The van der Waals surface area contributed by atoms with Crippen LogP contribution in [0.15, 0.2) is 60.9 Å². The van der Waals surface area contributed by atoms with Gasteiger partial charge in [-0.2, -0.15) is 0 Å². The first-order chi connectivity index (χ1) is 14.4. The lowest BCUT2D eigenvalue weighted by molar-refractivity contribution is 0.0849. The van der Waals surface area contributed by atoms with Crippen molar-refractivity contribution in [1.29, 1.82) is 0 Å². The molecule has 1 heterocycles. The Morgan fingerprint density at radius 3 is 2.57 bits per heavy atom. The maximum Gasteiger partial charge on any atom is 0.137 e. The van der Waals surface area contributed by atoms with Crippen LogP contribution in [-0.2, 0) is 11.5 Å². The molecular weight excluding hydrogens is 414 g/mol. The highest BCUT2D eigenvalue weighted by Crippen LogP contribution is 2.31. The van der Waals surface area contributed by atoms with Crippen molar-refractivity contribution in [2.24, 2.45) is 0 Å². The van der Waals surface area contributed by atoms with Gasteiger partial charge in [0.25, 0.3) is 0 Å². The molecule has 3 aromatic rings. The predicted octanol–water partition coefficient (Wildman–Crippen LogP) is 6.06. The molecule has 1 N–H and O–H groups in total. The van der Waals surface area contributed by atoms with Gasteiger partial charge in [0, 0.05) is 32.8 Å². The van der Waals surface area contributed by atoms with E-state index in [2.05, 4.69) is 46.6 Å². The van der Waals surface area contributed by atoms with E-state index >= 15 is 0 Å².